The Hall–Kier alpha value is -2.92. The van der Waals surface area contributed by atoms with Crippen LogP contribution in [-0.2, 0) is 24.7 Å². The molecule has 2 heterocycles. The third-order valence-electron chi connectivity index (χ3n) is 5.16. The van der Waals surface area contributed by atoms with Crippen molar-refractivity contribution in [1.29, 1.82) is 0 Å². The number of thiophene rings is 1. The second-order valence-electron chi connectivity index (χ2n) is 7.13. The maximum atomic E-state index is 12.9. The van der Waals surface area contributed by atoms with E-state index in [1.807, 2.05) is 0 Å². The standard InChI is InChI=1S/C20H20N4O5S2/c1-23-19(26)17-12-5-3-4-6-15(12)31-18(17)22-20(23)30-10-16(25)21-13-8-7-11(24(27)28)9-14(13)29-2/h7-9H,3-6,10H2,1-2H3,(H,21,25). The minimum Gasteiger partial charge on any atom is -0.494 e. The fourth-order valence-electron chi connectivity index (χ4n) is 3.61. The Bertz CT molecular complexity index is 1250. The van der Waals surface area contributed by atoms with Crippen LogP contribution < -0.4 is 15.6 Å². The number of methoxy groups -OCH3 is 1. The van der Waals surface area contributed by atoms with Gasteiger partial charge in [0.25, 0.3) is 11.2 Å². The van der Waals surface area contributed by atoms with Crippen LogP contribution in [0.2, 0.25) is 0 Å². The van der Waals surface area contributed by atoms with E-state index in [1.54, 1.807) is 18.4 Å². The summed E-state index contributed by atoms with van der Waals surface area (Å²) in [7, 11) is 3.04. The summed E-state index contributed by atoms with van der Waals surface area (Å²) in [6.07, 6.45) is 4.12. The molecule has 1 amide bonds. The van der Waals surface area contributed by atoms with Crippen molar-refractivity contribution in [3.05, 3.63) is 49.1 Å². The number of carbonyl (C=O) groups is 1. The fourth-order valence-corrected chi connectivity index (χ4v) is 5.68. The highest BCUT2D eigenvalue weighted by atomic mass is 32.2. The zero-order chi connectivity index (χ0) is 22.1. The van der Waals surface area contributed by atoms with Crippen LogP contribution >= 0.6 is 23.1 Å². The van der Waals surface area contributed by atoms with Crippen LogP contribution in [-0.4, -0.2) is 33.2 Å². The molecular weight excluding hydrogens is 440 g/mol. The van der Waals surface area contributed by atoms with Crippen molar-refractivity contribution in [2.75, 3.05) is 18.2 Å². The Kier molecular flexibility index (Phi) is 5.96. The number of thioether (sulfide) groups is 1. The maximum absolute atomic E-state index is 12.9. The van der Waals surface area contributed by atoms with E-state index in [4.69, 9.17) is 4.74 Å². The van der Waals surface area contributed by atoms with Gasteiger partial charge in [-0.25, -0.2) is 4.98 Å². The Labute approximate surface area is 185 Å². The van der Waals surface area contributed by atoms with Gasteiger partial charge in [-0.15, -0.1) is 11.3 Å². The van der Waals surface area contributed by atoms with Gasteiger partial charge in [-0.2, -0.15) is 0 Å². The number of nitrogens with zero attached hydrogens (tertiary/aromatic N) is 3. The van der Waals surface area contributed by atoms with Crippen molar-refractivity contribution >= 4 is 50.6 Å². The highest BCUT2D eigenvalue weighted by Gasteiger charge is 2.22. The molecule has 1 N–H and O–H groups in total. The summed E-state index contributed by atoms with van der Waals surface area (Å²) in [5.41, 5.74) is 1.26. The number of nitro benzene ring substituents is 1. The molecule has 0 radical (unpaired) electrons. The third-order valence-corrected chi connectivity index (χ3v) is 7.37. The van der Waals surface area contributed by atoms with Crippen LogP contribution in [0.15, 0.2) is 28.2 Å². The molecule has 11 heteroatoms. The number of carbonyl (C=O) groups excluding carboxylic acids is 1. The van der Waals surface area contributed by atoms with Crippen molar-refractivity contribution in [3.63, 3.8) is 0 Å². The predicted octanol–water partition coefficient (Wildman–Crippen LogP) is 3.52. The van der Waals surface area contributed by atoms with Gasteiger partial charge in [-0.3, -0.25) is 24.3 Å². The number of fused-ring (bicyclic) bond motifs is 3. The monoisotopic (exact) mass is 460 g/mol. The number of hydrogen-bond acceptors (Lipinski definition) is 8. The number of nitro groups is 1. The average molecular weight is 461 g/mol. The normalized spacial score (nSPS) is 13.1. The minimum atomic E-state index is -0.533. The summed E-state index contributed by atoms with van der Waals surface area (Å²) >= 11 is 2.74. The van der Waals surface area contributed by atoms with E-state index in [2.05, 4.69) is 10.3 Å². The molecule has 0 atom stereocenters. The van der Waals surface area contributed by atoms with Gasteiger partial charge >= 0.3 is 0 Å². The quantitative estimate of drug-likeness (QED) is 0.259. The van der Waals surface area contributed by atoms with E-state index in [-0.39, 0.29) is 28.7 Å². The molecule has 0 spiro atoms. The van der Waals surface area contributed by atoms with Gasteiger partial charge in [0.2, 0.25) is 5.91 Å². The van der Waals surface area contributed by atoms with Crippen molar-refractivity contribution in [2.24, 2.45) is 7.05 Å². The smallest absolute Gasteiger partial charge is 0.273 e. The number of benzene rings is 1. The Morgan fingerprint density at radius 3 is 2.90 bits per heavy atom. The maximum Gasteiger partial charge on any atom is 0.273 e. The number of ether oxygens (including phenoxy) is 1. The van der Waals surface area contributed by atoms with Crippen molar-refractivity contribution < 1.29 is 14.5 Å². The summed E-state index contributed by atoms with van der Waals surface area (Å²) < 4.78 is 6.63. The van der Waals surface area contributed by atoms with Crippen molar-refractivity contribution in [1.82, 2.24) is 9.55 Å². The van der Waals surface area contributed by atoms with E-state index in [0.717, 1.165) is 36.1 Å². The molecular formula is C20H20N4O5S2. The van der Waals surface area contributed by atoms with Gasteiger partial charge in [-0.1, -0.05) is 11.8 Å². The van der Waals surface area contributed by atoms with Crippen LogP contribution in [0.1, 0.15) is 23.3 Å². The third kappa shape index (κ3) is 4.15. The molecule has 9 nitrogen and oxygen atoms in total. The van der Waals surface area contributed by atoms with E-state index in [0.29, 0.717) is 16.2 Å². The van der Waals surface area contributed by atoms with E-state index in [9.17, 15) is 19.7 Å². The second kappa shape index (κ2) is 8.67. The van der Waals surface area contributed by atoms with Crippen molar-refractivity contribution in [3.8, 4) is 5.75 Å². The summed E-state index contributed by atoms with van der Waals surface area (Å²) in [4.78, 5) is 42.4. The van der Waals surface area contributed by atoms with E-state index in [1.165, 1.54) is 46.5 Å². The molecule has 0 saturated carbocycles. The molecule has 0 bridgehead atoms. The van der Waals surface area contributed by atoms with Gasteiger partial charge in [-0.05, 0) is 37.3 Å². The van der Waals surface area contributed by atoms with Crippen LogP contribution in [0.25, 0.3) is 10.2 Å². The predicted molar refractivity (Wildman–Crippen MR) is 121 cm³/mol. The molecule has 1 aromatic carbocycles. The van der Waals surface area contributed by atoms with Crippen LogP contribution in [0.3, 0.4) is 0 Å². The summed E-state index contributed by atoms with van der Waals surface area (Å²) in [5, 5.41) is 14.8. The van der Waals surface area contributed by atoms with E-state index < -0.39 is 4.92 Å². The van der Waals surface area contributed by atoms with Gasteiger partial charge < -0.3 is 10.1 Å². The zero-order valence-corrected chi connectivity index (χ0v) is 18.6. The SMILES string of the molecule is COc1cc([N+](=O)[O-])ccc1NC(=O)CSc1nc2sc3c(c2c(=O)n1C)CCCC3. The molecule has 1 aliphatic rings. The lowest BCUT2D eigenvalue weighted by Gasteiger charge is -2.11. The minimum absolute atomic E-state index is 0.0248. The number of anilines is 1. The van der Waals surface area contributed by atoms with Crippen LogP contribution in [0.4, 0.5) is 11.4 Å². The molecule has 0 saturated heterocycles. The van der Waals surface area contributed by atoms with E-state index >= 15 is 0 Å². The number of non-ortho nitro benzene ring substituents is 1. The fraction of sp³-hybridized carbons (Fsp3) is 0.350. The van der Waals surface area contributed by atoms with Crippen LogP contribution in [0.5, 0.6) is 5.75 Å². The zero-order valence-electron chi connectivity index (χ0n) is 17.0. The molecule has 31 heavy (non-hydrogen) atoms. The molecule has 0 unspecified atom stereocenters. The Morgan fingerprint density at radius 2 is 2.16 bits per heavy atom. The first-order valence-electron chi connectivity index (χ1n) is 9.65. The molecule has 3 aromatic rings. The number of amides is 1. The van der Waals surface area contributed by atoms with Crippen molar-refractivity contribution in [2.45, 2.75) is 30.8 Å². The van der Waals surface area contributed by atoms with Gasteiger partial charge in [0, 0.05) is 18.0 Å². The van der Waals surface area contributed by atoms with Crippen LogP contribution in [0, 0.1) is 10.1 Å². The number of rotatable bonds is 6. The molecule has 0 aliphatic heterocycles. The number of hydrogen-bond donors (Lipinski definition) is 1. The lowest BCUT2D eigenvalue weighted by Crippen LogP contribution is -2.22. The summed E-state index contributed by atoms with van der Waals surface area (Å²) in [6, 6.07) is 3.97. The molecule has 2 aromatic heterocycles. The largest absolute Gasteiger partial charge is 0.494 e. The first-order valence-corrected chi connectivity index (χ1v) is 11.5. The first kappa shape index (κ1) is 21.3. The summed E-state index contributed by atoms with van der Waals surface area (Å²) in [5.74, 6) is -0.113. The van der Waals surface area contributed by atoms with Gasteiger partial charge in [0.15, 0.2) is 5.16 Å². The molecule has 162 valence electrons. The first-order chi connectivity index (χ1) is 14.9. The average Bonchev–Trinajstić information content (AvgIpc) is 3.13. The van der Waals surface area contributed by atoms with Gasteiger partial charge in [0.1, 0.15) is 10.6 Å². The molecule has 0 fully saturated rings. The highest BCUT2D eigenvalue weighted by Crippen LogP contribution is 2.34. The molecule has 1 aliphatic carbocycles. The lowest BCUT2D eigenvalue weighted by atomic mass is 9.97. The molecule has 4 rings (SSSR count). The highest BCUT2D eigenvalue weighted by molar-refractivity contribution is 7.99. The topological polar surface area (TPSA) is 116 Å². The Morgan fingerprint density at radius 1 is 1.39 bits per heavy atom. The second-order valence-corrected chi connectivity index (χ2v) is 9.15. The lowest BCUT2D eigenvalue weighted by molar-refractivity contribution is -0.384. The number of nitrogens with one attached hydrogen (secondary N) is 1. The number of aryl methyl sites for hydroxylation is 2. The number of aromatic nitrogens is 2. The Balaban J connectivity index is 1.52. The van der Waals surface area contributed by atoms with Gasteiger partial charge in [0.05, 0.1) is 34.9 Å². The summed E-state index contributed by atoms with van der Waals surface area (Å²) in [6.45, 7) is 0.